The Bertz CT molecular complexity index is 408. The smallest absolute Gasteiger partial charge is 0.305 e. The van der Waals surface area contributed by atoms with E-state index >= 15 is 0 Å². The Labute approximate surface area is 131 Å². The maximum absolute atomic E-state index is 11.1. The van der Waals surface area contributed by atoms with Gasteiger partial charge in [0.05, 0.1) is 26.4 Å². The number of esters is 1. The zero-order chi connectivity index (χ0) is 16.0. The van der Waals surface area contributed by atoms with Crippen molar-refractivity contribution in [1.29, 1.82) is 0 Å². The first-order chi connectivity index (χ1) is 10.7. The van der Waals surface area contributed by atoms with Crippen molar-refractivity contribution in [3.8, 4) is 5.75 Å². The van der Waals surface area contributed by atoms with E-state index in [0.29, 0.717) is 51.7 Å². The van der Waals surface area contributed by atoms with Crippen LogP contribution in [0.2, 0.25) is 0 Å². The monoisotopic (exact) mass is 311 g/mol. The van der Waals surface area contributed by atoms with Gasteiger partial charge >= 0.3 is 5.97 Å². The maximum Gasteiger partial charge on any atom is 0.305 e. The average molecular weight is 311 g/mol. The molecule has 124 valence electrons. The van der Waals surface area contributed by atoms with Gasteiger partial charge in [-0.1, -0.05) is 6.92 Å². The largest absolute Gasteiger partial charge is 0.491 e. The first-order valence-electron chi connectivity index (χ1n) is 7.52. The molecule has 1 aromatic carbocycles. The molecule has 0 fully saturated rings. The standard InChI is InChI=1S/C16H25NO5/c1-2-3-16(18)22-13-11-20-9-8-19-10-12-21-15-6-4-14(17)5-7-15/h4-7H,2-3,8-13,17H2,1H3. The fourth-order valence-electron chi connectivity index (χ4n) is 1.60. The Morgan fingerprint density at radius 2 is 1.55 bits per heavy atom. The van der Waals surface area contributed by atoms with Crippen LogP contribution < -0.4 is 10.5 Å². The van der Waals surface area contributed by atoms with Gasteiger partial charge in [-0.3, -0.25) is 4.79 Å². The fourth-order valence-corrected chi connectivity index (χ4v) is 1.60. The van der Waals surface area contributed by atoms with Crippen molar-refractivity contribution in [3.63, 3.8) is 0 Å². The quantitative estimate of drug-likeness (QED) is 0.361. The van der Waals surface area contributed by atoms with Crippen LogP contribution in [0.1, 0.15) is 19.8 Å². The molecule has 2 N–H and O–H groups in total. The summed E-state index contributed by atoms with van der Waals surface area (Å²) in [5.74, 6) is 0.588. The van der Waals surface area contributed by atoms with Crippen molar-refractivity contribution in [2.24, 2.45) is 0 Å². The minimum atomic E-state index is -0.179. The third-order valence-corrected chi connectivity index (χ3v) is 2.69. The Balaban J connectivity index is 1.85. The number of hydrogen-bond donors (Lipinski definition) is 1. The maximum atomic E-state index is 11.1. The first kappa shape index (κ1) is 18.3. The van der Waals surface area contributed by atoms with Crippen LogP contribution in [0, 0.1) is 0 Å². The number of nitrogens with two attached hydrogens (primary N) is 1. The van der Waals surface area contributed by atoms with E-state index in [2.05, 4.69) is 0 Å². The lowest BCUT2D eigenvalue weighted by atomic mass is 10.3. The van der Waals surface area contributed by atoms with Crippen LogP contribution in [-0.2, 0) is 19.0 Å². The summed E-state index contributed by atoms with van der Waals surface area (Å²) in [6, 6.07) is 7.21. The summed E-state index contributed by atoms with van der Waals surface area (Å²) in [5.41, 5.74) is 6.29. The van der Waals surface area contributed by atoms with E-state index in [4.69, 9.17) is 24.7 Å². The Kier molecular flexibility index (Phi) is 9.81. The number of hydrogen-bond acceptors (Lipinski definition) is 6. The van der Waals surface area contributed by atoms with Gasteiger partial charge in [-0.2, -0.15) is 0 Å². The molecule has 0 spiro atoms. The number of nitrogen functional groups attached to an aromatic ring is 1. The average Bonchev–Trinajstić information content (AvgIpc) is 2.51. The van der Waals surface area contributed by atoms with Gasteiger partial charge < -0.3 is 24.7 Å². The zero-order valence-corrected chi connectivity index (χ0v) is 13.1. The number of ether oxygens (including phenoxy) is 4. The minimum absolute atomic E-state index is 0.179. The normalized spacial score (nSPS) is 10.4. The predicted octanol–water partition coefficient (Wildman–Crippen LogP) is 2.02. The first-order valence-corrected chi connectivity index (χ1v) is 7.52. The Hall–Kier alpha value is -1.79. The molecule has 0 bridgehead atoms. The molecule has 22 heavy (non-hydrogen) atoms. The molecule has 0 heterocycles. The molecule has 0 amide bonds. The summed E-state index contributed by atoms with van der Waals surface area (Å²) in [5, 5.41) is 0. The molecular formula is C16H25NO5. The predicted molar refractivity (Wildman–Crippen MR) is 83.9 cm³/mol. The van der Waals surface area contributed by atoms with Crippen molar-refractivity contribution in [3.05, 3.63) is 24.3 Å². The molecular weight excluding hydrogens is 286 g/mol. The highest BCUT2D eigenvalue weighted by atomic mass is 16.6. The summed E-state index contributed by atoms with van der Waals surface area (Å²) in [7, 11) is 0. The lowest BCUT2D eigenvalue weighted by molar-refractivity contribution is -0.145. The summed E-state index contributed by atoms with van der Waals surface area (Å²) < 4.78 is 21.1. The summed E-state index contributed by atoms with van der Waals surface area (Å²) in [6.07, 6.45) is 1.25. The van der Waals surface area contributed by atoms with Gasteiger partial charge in [-0.25, -0.2) is 0 Å². The molecule has 1 aromatic rings. The highest BCUT2D eigenvalue weighted by Gasteiger charge is 1.99. The number of rotatable bonds is 12. The molecule has 0 aliphatic heterocycles. The molecule has 0 unspecified atom stereocenters. The van der Waals surface area contributed by atoms with Gasteiger partial charge in [0.2, 0.25) is 0 Å². The number of carbonyl (C=O) groups excluding carboxylic acids is 1. The molecule has 0 aliphatic rings. The molecule has 0 saturated heterocycles. The molecule has 0 atom stereocenters. The molecule has 0 radical (unpaired) electrons. The van der Waals surface area contributed by atoms with Gasteiger partial charge in [0.15, 0.2) is 0 Å². The van der Waals surface area contributed by atoms with Crippen LogP contribution in [-0.4, -0.2) is 45.6 Å². The van der Waals surface area contributed by atoms with Crippen molar-refractivity contribution in [2.45, 2.75) is 19.8 Å². The lowest BCUT2D eigenvalue weighted by Gasteiger charge is -2.08. The van der Waals surface area contributed by atoms with E-state index in [9.17, 15) is 4.79 Å². The van der Waals surface area contributed by atoms with E-state index in [1.54, 1.807) is 12.1 Å². The molecule has 0 aliphatic carbocycles. The highest BCUT2D eigenvalue weighted by molar-refractivity contribution is 5.69. The van der Waals surface area contributed by atoms with E-state index in [1.165, 1.54) is 0 Å². The fraction of sp³-hybridized carbons (Fsp3) is 0.562. The van der Waals surface area contributed by atoms with Crippen molar-refractivity contribution < 1.29 is 23.7 Å². The van der Waals surface area contributed by atoms with Crippen molar-refractivity contribution in [1.82, 2.24) is 0 Å². The van der Waals surface area contributed by atoms with Crippen LogP contribution in [0.4, 0.5) is 5.69 Å². The van der Waals surface area contributed by atoms with Gasteiger partial charge in [0, 0.05) is 12.1 Å². The molecule has 6 nitrogen and oxygen atoms in total. The van der Waals surface area contributed by atoms with Crippen LogP contribution >= 0.6 is 0 Å². The van der Waals surface area contributed by atoms with Gasteiger partial charge in [-0.05, 0) is 30.7 Å². The van der Waals surface area contributed by atoms with Crippen LogP contribution in [0.5, 0.6) is 5.75 Å². The highest BCUT2D eigenvalue weighted by Crippen LogP contribution is 2.12. The molecule has 6 heteroatoms. The van der Waals surface area contributed by atoms with Gasteiger partial charge in [0.1, 0.15) is 19.0 Å². The zero-order valence-electron chi connectivity index (χ0n) is 13.1. The number of benzene rings is 1. The van der Waals surface area contributed by atoms with Gasteiger partial charge in [0.25, 0.3) is 0 Å². The third kappa shape index (κ3) is 9.20. The van der Waals surface area contributed by atoms with E-state index in [0.717, 1.165) is 12.2 Å². The van der Waals surface area contributed by atoms with Crippen LogP contribution in [0.15, 0.2) is 24.3 Å². The summed E-state index contributed by atoms with van der Waals surface area (Å²) in [6.45, 7) is 4.52. The third-order valence-electron chi connectivity index (χ3n) is 2.69. The van der Waals surface area contributed by atoms with E-state index in [1.807, 2.05) is 19.1 Å². The molecule has 1 rings (SSSR count). The number of anilines is 1. The SMILES string of the molecule is CCCC(=O)OCCOCCOCCOc1ccc(N)cc1. The van der Waals surface area contributed by atoms with Crippen molar-refractivity contribution >= 4 is 11.7 Å². The molecule has 0 aromatic heterocycles. The second-order valence-corrected chi connectivity index (χ2v) is 4.61. The second-order valence-electron chi connectivity index (χ2n) is 4.61. The number of carbonyl (C=O) groups is 1. The Morgan fingerprint density at radius 3 is 2.18 bits per heavy atom. The summed E-state index contributed by atoms with van der Waals surface area (Å²) >= 11 is 0. The Morgan fingerprint density at radius 1 is 0.955 bits per heavy atom. The molecule has 0 saturated carbocycles. The van der Waals surface area contributed by atoms with E-state index in [-0.39, 0.29) is 5.97 Å². The lowest BCUT2D eigenvalue weighted by Crippen LogP contribution is -2.14. The second kappa shape index (κ2) is 11.8. The summed E-state index contributed by atoms with van der Waals surface area (Å²) in [4.78, 5) is 11.1. The van der Waals surface area contributed by atoms with Crippen LogP contribution in [0.25, 0.3) is 0 Å². The topological polar surface area (TPSA) is 80.0 Å². The van der Waals surface area contributed by atoms with Gasteiger partial charge in [-0.15, -0.1) is 0 Å². The minimum Gasteiger partial charge on any atom is -0.491 e. The van der Waals surface area contributed by atoms with Crippen LogP contribution in [0.3, 0.4) is 0 Å². The van der Waals surface area contributed by atoms with Crippen molar-refractivity contribution in [2.75, 3.05) is 45.4 Å². The van der Waals surface area contributed by atoms with E-state index < -0.39 is 0 Å².